The lowest BCUT2D eigenvalue weighted by Gasteiger charge is -2.23. The lowest BCUT2D eigenvalue weighted by molar-refractivity contribution is 0.372. The molecule has 0 saturated heterocycles. The number of fused-ring (bicyclic) bond motifs is 1. The SMILES string of the molecule is COc1ccc(Cl)c2cc(CNC3CCCCC3)ccc12.Cl. The van der Waals surface area contributed by atoms with Gasteiger partial charge in [-0.1, -0.05) is 43.0 Å². The van der Waals surface area contributed by atoms with Crippen LogP contribution in [0.4, 0.5) is 0 Å². The topological polar surface area (TPSA) is 21.3 Å². The molecule has 1 fully saturated rings. The van der Waals surface area contributed by atoms with Gasteiger partial charge in [0.1, 0.15) is 5.75 Å². The van der Waals surface area contributed by atoms with Gasteiger partial charge in [0, 0.05) is 28.4 Å². The summed E-state index contributed by atoms with van der Waals surface area (Å²) < 4.78 is 5.40. The summed E-state index contributed by atoms with van der Waals surface area (Å²) in [7, 11) is 1.70. The second-order valence-corrected chi connectivity index (χ2v) is 6.25. The molecule has 1 N–H and O–H groups in total. The van der Waals surface area contributed by atoms with Crippen LogP contribution in [0.5, 0.6) is 5.75 Å². The molecular formula is C18H23Cl2NO. The molecule has 1 aliphatic carbocycles. The van der Waals surface area contributed by atoms with E-state index in [-0.39, 0.29) is 12.4 Å². The van der Waals surface area contributed by atoms with Crippen molar-refractivity contribution >= 4 is 34.8 Å². The molecule has 0 radical (unpaired) electrons. The maximum Gasteiger partial charge on any atom is 0.126 e. The first-order chi connectivity index (χ1) is 10.3. The molecule has 0 aromatic heterocycles. The summed E-state index contributed by atoms with van der Waals surface area (Å²) in [6.07, 6.45) is 6.73. The molecule has 2 aromatic carbocycles. The van der Waals surface area contributed by atoms with Crippen LogP contribution < -0.4 is 10.1 Å². The lowest BCUT2D eigenvalue weighted by atomic mass is 9.95. The Morgan fingerprint density at radius 2 is 1.86 bits per heavy atom. The second kappa shape index (κ2) is 8.05. The van der Waals surface area contributed by atoms with E-state index in [0.717, 1.165) is 28.1 Å². The summed E-state index contributed by atoms with van der Waals surface area (Å²) in [5, 5.41) is 6.60. The van der Waals surface area contributed by atoms with Crippen LogP contribution >= 0.6 is 24.0 Å². The van der Waals surface area contributed by atoms with Gasteiger partial charge in [-0.2, -0.15) is 0 Å². The van der Waals surface area contributed by atoms with E-state index in [4.69, 9.17) is 16.3 Å². The van der Waals surface area contributed by atoms with E-state index in [1.807, 2.05) is 12.1 Å². The van der Waals surface area contributed by atoms with Gasteiger partial charge in [-0.25, -0.2) is 0 Å². The lowest BCUT2D eigenvalue weighted by Crippen LogP contribution is -2.30. The highest BCUT2D eigenvalue weighted by Crippen LogP contribution is 2.32. The van der Waals surface area contributed by atoms with Gasteiger partial charge in [-0.3, -0.25) is 0 Å². The highest BCUT2D eigenvalue weighted by Gasteiger charge is 2.13. The smallest absolute Gasteiger partial charge is 0.126 e. The van der Waals surface area contributed by atoms with Crippen LogP contribution in [0.2, 0.25) is 5.02 Å². The average molecular weight is 340 g/mol. The van der Waals surface area contributed by atoms with Crippen LogP contribution in [0.25, 0.3) is 10.8 Å². The minimum absolute atomic E-state index is 0. The van der Waals surface area contributed by atoms with E-state index in [9.17, 15) is 0 Å². The highest BCUT2D eigenvalue weighted by molar-refractivity contribution is 6.35. The van der Waals surface area contributed by atoms with Gasteiger partial charge >= 0.3 is 0 Å². The van der Waals surface area contributed by atoms with E-state index in [1.165, 1.54) is 37.7 Å². The van der Waals surface area contributed by atoms with Gasteiger partial charge < -0.3 is 10.1 Å². The number of hydrogen-bond donors (Lipinski definition) is 1. The van der Waals surface area contributed by atoms with Gasteiger partial charge in [-0.15, -0.1) is 12.4 Å². The Bertz CT molecular complexity index is 624. The zero-order chi connectivity index (χ0) is 14.7. The molecule has 0 heterocycles. The van der Waals surface area contributed by atoms with Crippen molar-refractivity contribution in [1.29, 1.82) is 0 Å². The fourth-order valence-electron chi connectivity index (χ4n) is 3.19. The van der Waals surface area contributed by atoms with Crippen molar-refractivity contribution in [2.24, 2.45) is 0 Å². The molecule has 2 nitrogen and oxygen atoms in total. The molecule has 2 aromatic rings. The van der Waals surface area contributed by atoms with Crippen LogP contribution in [-0.4, -0.2) is 13.2 Å². The molecule has 3 rings (SSSR count). The summed E-state index contributed by atoms with van der Waals surface area (Å²) in [6.45, 7) is 0.911. The summed E-state index contributed by atoms with van der Waals surface area (Å²) in [5.41, 5.74) is 1.28. The molecule has 0 spiro atoms. The molecular weight excluding hydrogens is 317 g/mol. The van der Waals surface area contributed by atoms with Crippen LogP contribution in [0.15, 0.2) is 30.3 Å². The van der Waals surface area contributed by atoms with Crippen molar-refractivity contribution in [1.82, 2.24) is 5.32 Å². The summed E-state index contributed by atoms with van der Waals surface area (Å²) >= 11 is 6.33. The number of rotatable bonds is 4. The van der Waals surface area contributed by atoms with E-state index in [2.05, 4.69) is 23.5 Å². The minimum atomic E-state index is 0. The Kier molecular flexibility index (Phi) is 6.37. The maximum absolute atomic E-state index is 6.33. The normalized spacial score (nSPS) is 15.5. The predicted octanol–water partition coefficient (Wildman–Crippen LogP) is 5.35. The summed E-state index contributed by atoms with van der Waals surface area (Å²) in [6, 6.07) is 11.0. The van der Waals surface area contributed by atoms with Gasteiger partial charge in [0.2, 0.25) is 0 Å². The first kappa shape index (κ1) is 17.4. The van der Waals surface area contributed by atoms with Crippen LogP contribution in [0, 0.1) is 0 Å². The van der Waals surface area contributed by atoms with E-state index in [0.29, 0.717) is 6.04 Å². The van der Waals surface area contributed by atoms with Crippen LogP contribution in [-0.2, 0) is 6.54 Å². The Morgan fingerprint density at radius 1 is 1.09 bits per heavy atom. The fourth-order valence-corrected chi connectivity index (χ4v) is 3.41. The van der Waals surface area contributed by atoms with Crippen molar-refractivity contribution in [2.45, 2.75) is 44.7 Å². The number of methoxy groups -OCH3 is 1. The molecule has 120 valence electrons. The molecule has 1 aliphatic rings. The van der Waals surface area contributed by atoms with E-state index in [1.54, 1.807) is 7.11 Å². The van der Waals surface area contributed by atoms with E-state index >= 15 is 0 Å². The van der Waals surface area contributed by atoms with Crippen LogP contribution in [0.3, 0.4) is 0 Å². The van der Waals surface area contributed by atoms with Crippen molar-refractivity contribution in [3.8, 4) is 5.75 Å². The number of ether oxygens (including phenoxy) is 1. The Labute approximate surface area is 143 Å². The second-order valence-electron chi connectivity index (χ2n) is 5.85. The Balaban J connectivity index is 0.00000176. The van der Waals surface area contributed by atoms with Gasteiger partial charge in [0.15, 0.2) is 0 Å². The molecule has 0 aliphatic heterocycles. The van der Waals surface area contributed by atoms with Gasteiger partial charge in [0.05, 0.1) is 7.11 Å². The fraction of sp³-hybridized carbons (Fsp3) is 0.444. The molecule has 4 heteroatoms. The van der Waals surface area contributed by atoms with Crippen molar-refractivity contribution < 1.29 is 4.74 Å². The third-order valence-corrected chi connectivity index (χ3v) is 4.74. The number of nitrogens with one attached hydrogen (secondary N) is 1. The number of benzene rings is 2. The summed E-state index contributed by atoms with van der Waals surface area (Å²) in [4.78, 5) is 0. The zero-order valence-corrected chi connectivity index (χ0v) is 14.5. The monoisotopic (exact) mass is 339 g/mol. The quantitative estimate of drug-likeness (QED) is 0.810. The van der Waals surface area contributed by atoms with Crippen molar-refractivity contribution in [2.75, 3.05) is 7.11 Å². The number of halogens is 2. The van der Waals surface area contributed by atoms with Gasteiger partial charge in [-0.05, 0) is 36.6 Å². The van der Waals surface area contributed by atoms with Crippen molar-refractivity contribution in [3.05, 3.63) is 40.9 Å². The molecule has 22 heavy (non-hydrogen) atoms. The van der Waals surface area contributed by atoms with Crippen LogP contribution in [0.1, 0.15) is 37.7 Å². The molecule has 0 atom stereocenters. The maximum atomic E-state index is 6.33. The standard InChI is InChI=1S/C18H22ClNO.ClH/c1-21-18-10-9-17(19)16-11-13(7-8-15(16)18)12-20-14-5-3-2-4-6-14;/h7-11,14,20H,2-6,12H2,1H3;1H. The Morgan fingerprint density at radius 3 is 2.59 bits per heavy atom. The molecule has 0 unspecified atom stereocenters. The van der Waals surface area contributed by atoms with Gasteiger partial charge in [0.25, 0.3) is 0 Å². The first-order valence-electron chi connectivity index (χ1n) is 7.76. The van der Waals surface area contributed by atoms with E-state index < -0.39 is 0 Å². The largest absolute Gasteiger partial charge is 0.496 e. The molecule has 0 bridgehead atoms. The number of hydrogen-bond acceptors (Lipinski definition) is 2. The third kappa shape index (κ3) is 3.87. The Hall–Kier alpha value is -0.960. The third-order valence-electron chi connectivity index (χ3n) is 4.41. The zero-order valence-electron chi connectivity index (χ0n) is 12.9. The minimum Gasteiger partial charge on any atom is -0.496 e. The molecule has 0 amide bonds. The first-order valence-corrected chi connectivity index (χ1v) is 8.14. The molecule has 1 saturated carbocycles. The summed E-state index contributed by atoms with van der Waals surface area (Å²) in [5.74, 6) is 0.876. The average Bonchev–Trinajstić information content (AvgIpc) is 2.54. The predicted molar refractivity (Wildman–Crippen MR) is 96.5 cm³/mol. The van der Waals surface area contributed by atoms with Crippen molar-refractivity contribution in [3.63, 3.8) is 0 Å². The highest BCUT2D eigenvalue weighted by atomic mass is 35.5.